The molecule has 0 amide bonds. The van der Waals surface area contributed by atoms with Crippen LogP contribution in [0.25, 0.3) is 11.1 Å². The van der Waals surface area contributed by atoms with Crippen LogP contribution in [0.4, 0.5) is 11.1 Å². The van der Waals surface area contributed by atoms with Crippen LogP contribution in [0.5, 0.6) is 0 Å². The van der Waals surface area contributed by atoms with Gasteiger partial charge in [-0.1, -0.05) is 12.1 Å². The third-order valence-corrected chi connectivity index (χ3v) is 4.95. The lowest BCUT2D eigenvalue weighted by Gasteiger charge is -2.20. The van der Waals surface area contributed by atoms with Crippen LogP contribution >= 0.6 is 11.3 Å². The molecule has 1 aliphatic rings. The molecule has 1 aliphatic heterocycles. The molecular weight excluding hydrogens is 296 g/mol. The van der Waals surface area contributed by atoms with Crippen LogP contribution in [0.15, 0.2) is 34.1 Å². The minimum Gasteiger partial charge on any atom is -0.423 e. The number of fused-ring (bicyclic) bond motifs is 1. The molecule has 22 heavy (non-hydrogen) atoms. The van der Waals surface area contributed by atoms with Crippen LogP contribution in [0.2, 0.25) is 0 Å². The van der Waals surface area contributed by atoms with Gasteiger partial charge in [-0.25, -0.2) is 4.98 Å². The molecular formula is C16H18N4OS. The number of oxazole rings is 1. The summed E-state index contributed by atoms with van der Waals surface area (Å²) in [6.07, 6.45) is 1.08. The van der Waals surface area contributed by atoms with Gasteiger partial charge in [0, 0.05) is 31.6 Å². The van der Waals surface area contributed by atoms with Gasteiger partial charge in [-0.3, -0.25) is 0 Å². The number of para-hydroxylation sites is 2. The molecule has 3 heterocycles. The van der Waals surface area contributed by atoms with Crippen molar-refractivity contribution in [2.45, 2.75) is 13.3 Å². The molecule has 1 fully saturated rings. The van der Waals surface area contributed by atoms with Crippen molar-refractivity contribution in [3.05, 3.63) is 35.3 Å². The van der Waals surface area contributed by atoms with E-state index in [1.807, 2.05) is 31.2 Å². The van der Waals surface area contributed by atoms with E-state index in [0.717, 1.165) is 60.5 Å². The first kappa shape index (κ1) is 13.6. The Bertz CT molecular complexity index is 748. The molecule has 0 atom stereocenters. The Labute approximate surface area is 133 Å². The fraction of sp³-hybridized carbons (Fsp3) is 0.375. The average molecular weight is 314 g/mol. The Morgan fingerprint density at radius 2 is 1.86 bits per heavy atom. The first-order valence-corrected chi connectivity index (χ1v) is 8.45. The molecule has 3 aromatic rings. The van der Waals surface area contributed by atoms with E-state index in [9.17, 15) is 0 Å². The lowest BCUT2D eigenvalue weighted by Crippen LogP contribution is -2.30. The second kappa shape index (κ2) is 5.61. The second-order valence-electron chi connectivity index (χ2n) is 5.56. The maximum atomic E-state index is 5.89. The summed E-state index contributed by atoms with van der Waals surface area (Å²) in [5, 5.41) is 3.23. The first-order valence-electron chi connectivity index (χ1n) is 7.57. The summed E-state index contributed by atoms with van der Waals surface area (Å²) in [5.41, 5.74) is 2.88. The standard InChI is InChI=1S/C16H18N4OS/c1-12-11-22-16(17-12)20-8-4-7-19(9-10-20)15-18-13-5-2-3-6-14(13)21-15/h2-3,5-6,11H,4,7-10H2,1H3. The first-order chi connectivity index (χ1) is 10.8. The Morgan fingerprint density at radius 1 is 1.05 bits per heavy atom. The summed E-state index contributed by atoms with van der Waals surface area (Å²) in [6.45, 7) is 5.90. The van der Waals surface area contributed by atoms with Crippen molar-refractivity contribution in [1.29, 1.82) is 0 Å². The van der Waals surface area contributed by atoms with Crippen molar-refractivity contribution in [3.8, 4) is 0 Å². The minimum absolute atomic E-state index is 0.735. The normalized spacial score (nSPS) is 16.2. The number of aryl methyl sites for hydroxylation is 1. The van der Waals surface area contributed by atoms with Gasteiger partial charge >= 0.3 is 0 Å². The predicted molar refractivity (Wildman–Crippen MR) is 89.9 cm³/mol. The molecule has 0 saturated carbocycles. The zero-order chi connectivity index (χ0) is 14.9. The molecule has 1 aromatic carbocycles. The van der Waals surface area contributed by atoms with Crippen LogP contribution in [0.1, 0.15) is 12.1 Å². The Morgan fingerprint density at radius 3 is 2.68 bits per heavy atom. The number of nitrogens with zero attached hydrogens (tertiary/aromatic N) is 4. The Hall–Kier alpha value is -2.08. The van der Waals surface area contributed by atoms with Gasteiger partial charge in [-0.05, 0) is 25.5 Å². The van der Waals surface area contributed by atoms with Crippen molar-refractivity contribution in [1.82, 2.24) is 9.97 Å². The van der Waals surface area contributed by atoms with Crippen LogP contribution in [0.3, 0.4) is 0 Å². The SMILES string of the molecule is Cc1csc(N2CCCN(c3nc4ccccc4o3)CC2)n1. The van der Waals surface area contributed by atoms with E-state index in [1.54, 1.807) is 11.3 Å². The number of benzene rings is 1. The highest BCUT2D eigenvalue weighted by Crippen LogP contribution is 2.25. The summed E-state index contributed by atoms with van der Waals surface area (Å²) < 4.78 is 5.89. The fourth-order valence-corrected chi connectivity index (χ4v) is 3.64. The highest BCUT2D eigenvalue weighted by atomic mass is 32.1. The van der Waals surface area contributed by atoms with Crippen LogP contribution in [0, 0.1) is 6.92 Å². The van der Waals surface area contributed by atoms with Gasteiger partial charge in [-0.15, -0.1) is 11.3 Å². The lowest BCUT2D eigenvalue weighted by atomic mass is 10.3. The highest BCUT2D eigenvalue weighted by molar-refractivity contribution is 7.13. The Balaban J connectivity index is 1.52. The molecule has 0 radical (unpaired) electrons. The Kier molecular flexibility index (Phi) is 3.46. The van der Waals surface area contributed by atoms with E-state index in [1.165, 1.54) is 0 Å². The van der Waals surface area contributed by atoms with E-state index >= 15 is 0 Å². The lowest BCUT2D eigenvalue weighted by molar-refractivity contribution is 0.571. The van der Waals surface area contributed by atoms with Crippen LogP contribution in [-0.2, 0) is 0 Å². The van der Waals surface area contributed by atoms with E-state index in [4.69, 9.17) is 4.42 Å². The highest BCUT2D eigenvalue weighted by Gasteiger charge is 2.20. The zero-order valence-electron chi connectivity index (χ0n) is 12.5. The fourth-order valence-electron chi connectivity index (χ4n) is 2.78. The molecule has 5 nitrogen and oxygen atoms in total. The quantitative estimate of drug-likeness (QED) is 0.726. The number of anilines is 2. The minimum atomic E-state index is 0.735. The molecule has 114 valence electrons. The topological polar surface area (TPSA) is 45.4 Å². The van der Waals surface area contributed by atoms with E-state index in [0.29, 0.717) is 0 Å². The van der Waals surface area contributed by atoms with Gasteiger partial charge in [0.2, 0.25) is 0 Å². The number of rotatable bonds is 2. The van der Waals surface area contributed by atoms with Gasteiger partial charge in [0.15, 0.2) is 10.7 Å². The molecule has 0 bridgehead atoms. The van der Waals surface area contributed by atoms with Crippen molar-refractivity contribution < 1.29 is 4.42 Å². The van der Waals surface area contributed by atoms with Gasteiger partial charge < -0.3 is 14.2 Å². The van der Waals surface area contributed by atoms with Crippen molar-refractivity contribution >= 4 is 33.6 Å². The maximum absolute atomic E-state index is 5.89. The molecule has 2 aromatic heterocycles. The zero-order valence-corrected chi connectivity index (χ0v) is 13.3. The number of thiazole rings is 1. The maximum Gasteiger partial charge on any atom is 0.298 e. The third-order valence-electron chi connectivity index (χ3n) is 3.93. The average Bonchev–Trinajstić information content (AvgIpc) is 3.07. The second-order valence-corrected chi connectivity index (χ2v) is 6.40. The van der Waals surface area contributed by atoms with Crippen molar-refractivity contribution in [2.75, 3.05) is 36.0 Å². The summed E-state index contributed by atoms with van der Waals surface area (Å²) in [6, 6.07) is 8.66. The third kappa shape index (κ3) is 2.54. The molecule has 0 unspecified atom stereocenters. The largest absolute Gasteiger partial charge is 0.423 e. The summed E-state index contributed by atoms with van der Waals surface area (Å²) in [5.74, 6) is 0. The van der Waals surface area contributed by atoms with Crippen LogP contribution < -0.4 is 9.80 Å². The van der Waals surface area contributed by atoms with E-state index in [2.05, 4.69) is 25.1 Å². The number of hydrogen-bond donors (Lipinski definition) is 0. The van der Waals surface area contributed by atoms with Crippen LogP contribution in [-0.4, -0.2) is 36.1 Å². The van der Waals surface area contributed by atoms with Gasteiger partial charge in [0.05, 0.1) is 5.69 Å². The molecule has 6 heteroatoms. The van der Waals surface area contributed by atoms with Crippen molar-refractivity contribution in [2.24, 2.45) is 0 Å². The summed E-state index contributed by atoms with van der Waals surface area (Å²) in [4.78, 5) is 13.8. The van der Waals surface area contributed by atoms with Gasteiger partial charge in [0.1, 0.15) is 5.52 Å². The molecule has 0 N–H and O–H groups in total. The monoisotopic (exact) mass is 314 g/mol. The van der Waals surface area contributed by atoms with Crippen molar-refractivity contribution in [3.63, 3.8) is 0 Å². The molecule has 4 rings (SSSR count). The molecule has 1 saturated heterocycles. The van der Waals surface area contributed by atoms with Gasteiger partial charge in [0.25, 0.3) is 6.01 Å². The number of hydrogen-bond acceptors (Lipinski definition) is 6. The summed E-state index contributed by atoms with van der Waals surface area (Å²) >= 11 is 1.72. The van der Waals surface area contributed by atoms with E-state index in [-0.39, 0.29) is 0 Å². The molecule has 0 spiro atoms. The van der Waals surface area contributed by atoms with Gasteiger partial charge in [-0.2, -0.15) is 4.98 Å². The molecule has 0 aliphatic carbocycles. The van der Waals surface area contributed by atoms with E-state index < -0.39 is 0 Å². The smallest absolute Gasteiger partial charge is 0.298 e. The predicted octanol–water partition coefficient (Wildman–Crippen LogP) is 3.31. The number of aromatic nitrogens is 2. The summed E-state index contributed by atoms with van der Waals surface area (Å²) in [7, 11) is 0.